The third kappa shape index (κ3) is 4.11. The molecule has 4 rings (SSSR count). The smallest absolute Gasteiger partial charge is 1.00 e. The van der Waals surface area contributed by atoms with Crippen LogP contribution in [0, 0.1) is 0 Å². The van der Waals surface area contributed by atoms with Crippen LogP contribution in [0.15, 0.2) is 48.0 Å². The monoisotopic (exact) mass is 438 g/mol. The van der Waals surface area contributed by atoms with Crippen molar-refractivity contribution >= 4 is 51.6 Å². The van der Waals surface area contributed by atoms with Crippen LogP contribution in [0.3, 0.4) is 0 Å². The number of H-pyrrole nitrogens is 1. The number of rotatable bonds is 3. The predicted molar refractivity (Wildman–Crippen MR) is 111 cm³/mol. The standard InChI is InChI=1S/C21H16Cl2N2O3.Na.H/c22-12-9-14(23)17-15(10-12)25-19(21(27)28)18(17)16(11-5-2-1-3-6-11)13-7-4-8-24-20(13)26;;/h1-3,5-6,9-10,25H,4,7-8H2,(H,24,26)(H,27,28);;/q;+1;-1. The number of hydrogen-bond donors (Lipinski definition) is 3. The van der Waals surface area contributed by atoms with Gasteiger partial charge in [0.15, 0.2) is 0 Å². The maximum Gasteiger partial charge on any atom is 1.00 e. The number of aromatic carboxylic acids is 1. The molecular formula is C21H17Cl2N2NaO3. The largest absolute Gasteiger partial charge is 1.00 e. The number of carbonyl (C=O) groups is 2. The van der Waals surface area contributed by atoms with E-state index in [2.05, 4.69) is 10.3 Å². The summed E-state index contributed by atoms with van der Waals surface area (Å²) in [5.41, 5.74) is 2.77. The van der Waals surface area contributed by atoms with Gasteiger partial charge in [-0.05, 0) is 30.5 Å². The van der Waals surface area contributed by atoms with Gasteiger partial charge in [-0.15, -0.1) is 0 Å². The van der Waals surface area contributed by atoms with E-state index in [0.717, 1.165) is 12.0 Å². The van der Waals surface area contributed by atoms with Gasteiger partial charge in [0.25, 0.3) is 0 Å². The number of aromatic amines is 1. The van der Waals surface area contributed by atoms with Crippen molar-refractivity contribution < 1.29 is 45.7 Å². The molecule has 2 heterocycles. The molecule has 0 saturated carbocycles. The van der Waals surface area contributed by atoms with E-state index < -0.39 is 5.97 Å². The fraction of sp³-hybridized carbons (Fsp3) is 0.143. The second-order valence-corrected chi connectivity index (χ2v) is 7.41. The molecule has 2 aromatic carbocycles. The molecule has 1 aliphatic heterocycles. The van der Waals surface area contributed by atoms with E-state index in [-0.39, 0.29) is 42.6 Å². The molecule has 1 aromatic heterocycles. The number of piperidine rings is 1. The Morgan fingerprint density at radius 3 is 2.52 bits per heavy atom. The fourth-order valence-corrected chi connectivity index (χ4v) is 4.25. The van der Waals surface area contributed by atoms with Gasteiger partial charge in [-0.3, -0.25) is 4.79 Å². The molecule has 3 aromatic rings. The number of benzene rings is 2. The molecule has 0 spiro atoms. The van der Waals surface area contributed by atoms with E-state index in [4.69, 9.17) is 23.2 Å². The molecule has 0 radical (unpaired) electrons. The summed E-state index contributed by atoms with van der Waals surface area (Å²) in [6, 6.07) is 12.5. The molecule has 3 N–H and O–H groups in total. The zero-order valence-electron chi connectivity index (χ0n) is 16.7. The SMILES string of the molecule is O=C1NCCCC1=C(c1ccccc1)c1c(C(=O)O)[nH]c2cc(Cl)cc(Cl)c12.[H-].[Na+]. The van der Waals surface area contributed by atoms with Gasteiger partial charge in [0, 0.05) is 39.2 Å². The first-order valence-corrected chi connectivity index (χ1v) is 9.54. The van der Waals surface area contributed by atoms with Crippen molar-refractivity contribution in [3.8, 4) is 0 Å². The van der Waals surface area contributed by atoms with Gasteiger partial charge in [0.2, 0.25) is 5.91 Å². The van der Waals surface area contributed by atoms with Crippen molar-refractivity contribution in [2.45, 2.75) is 12.8 Å². The molecule has 1 aliphatic rings. The molecule has 0 atom stereocenters. The zero-order valence-corrected chi connectivity index (χ0v) is 19.2. The Kier molecular flexibility index (Phi) is 6.76. The molecule has 1 amide bonds. The van der Waals surface area contributed by atoms with Gasteiger partial charge in [-0.1, -0.05) is 53.5 Å². The summed E-state index contributed by atoms with van der Waals surface area (Å²) in [4.78, 5) is 27.7. The number of carbonyl (C=O) groups excluding carboxylic acids is 1. The van der Waals surface area contributed by atoms with Crippen LogP contribution in [0.25, 0.3) is 16.5 Å². The number of aromatic nitrogens is 1. The van der Waals surface area contributed by atoms with E-state index in [0.29, 0.717) is 50.6 Å². The minimum atomic E-state index is -1.14. The van der Waals surface area contributed by atoms with Gasteiger partial charge in [-0.2, -0.15) is 0 Å². The Labute approximate surface area is 200 Å². The van der Waals surface area contributed by atoms with Crippen molar-refractivity contribution in [2.24, 2.45) is 0 Å². The van der Waals surface area contributed by atoms with E-state index in [1.54, 1.807) is 12.1 Å². The fourth-order valence-electron chi connectivity index (χ4n) is 3.66. The number of carboxylic acids is 1. The van der Waals surface area contributed by atoms with E-state index >= 15 is 0 Å². The minimum Gasteiger partial charge on any atom is -1.00 e. The van der Waals surface area contributed by atoms with E-state index in [1.165, 1.54) is 0 Å². The van der Waals surface area contributed by atoms with Crippen LogP contribution in [-0.2, 0) is 4.79 Å². The van der Waals surface area contributed by atoms with Crippen LogP contribution in [0.2, 0.25) is 10.0 Å². The van der Waals surface area contributed by atoms with Crippen LogP contribution >= 0.6 is 23.2 Å². The zero-order chi connectivity index (χ0) is 19.8. The van der Waals surface area contributed by atoms with Gasteiger partial charge < -0.3 is 16.8 Å². The second-order valence-electron chi connectivity index (χ2n) is 6.57. The van der Waals surface area contributed by atoms with Crippen molar-refractivity contribution in [1.29, 1.82) is 0 Å². The topological polar surface area (TPSA) is 82.2 Å². The molecule has 1 saturated heterocycles. The molecule has 5 nitrogen and oxygen atoms in total. The summed E-state index contributed by atoms with van der Waals surface area (Å²) in [6.07, 6.45) is 1.33. The summed E-state index contributed by atoms with van der Waals surface area (Å²) >= 11 is 12.6. The first-order chi connectivity index (χ1) is 13.5. The summed E-state index contributed by atoms with van der Waals surface area (Å²) in [5.74, 6) is -1.33. The van der Waals surface area contributed by atoms with Crippen LogP contribution in [0.4, 0.5) is 0 Å². The quantitative estimate of drug-likeness (QED) is 0.432. The third-order valence-corrected chi connectivity index (χ3v) is 5.32. The number of nitrogens with one attached hydrogen (secondary N) is 2. The van der Waals surface area contributed by atoms with Crippen molar-refractivity contribution in [3.63, 3.8) is 0 Å². The average Bonchev–Trinajstić information content (AvgIpc) is 3.04. The molecule has 1 fully saturated rings. The van der Waals surface area contributed by atoms with Gasteiger partial charge >= 0.3 is 35.5 Å². The number of fused-ring (bicyclic) bond motifs is 1. The average molecular weight is 439 g/mol. The molecule has 8 heteroatoms. The van der Waals surface area contributed by atoms with Crippen molar-refractivity contribution in [3.05, 3.63) is 74.9 Å². The summed E-state index contributed by atoms with van der Waals surface area (Å²) < 4.78 is 0. The number of carboxylic acid groups (broad SMARTS) is 1. The van der Waals surface area contributed by atoms with E-state index in [1.807, 2.05) is 30.3 Å². The number of hydrogen-bond acceptors (Lipinski definition) is 2. The molecule has 0 unspecified atom stereocenters. The Balaban J connectivity index is 0.00000160. The normalized spacial score (nSPS) is 15.6. The van der Waals surface area contributed by atoms with Gasteiger partial charge in [0.1, 0.15) is 5.69 Å². The first kappa shape index (κ1) is 21.9. The van der Waals surface area contributed by atoms with Crippen LogP contribution in [0.5, 0.6) is 0 Å². The van der Waals surface area contributed by atoms with Crippen molar-refractivity contribution in [1.82, 2.24) is 10.3 Å². The van der Waals surface area contributed by atoms with Crippen LogP contribution in [0.1, 0.15) is 35.9 Å². The number of halogens is 2. The van der Waals surface area contributed by atoms with Gasteiger partial charge in [0.05, 0.1) is 5.02 Å². The minimum absolute atomic E-state index is 0. The third-order valence-electron chi connectivity index (χ3n) is 4.81. The summed E-state index contributed by atoms with van der Waals surface area (Å²) in [7, 11) is 0. The maximum absolute atomic E-state index is 12.7. The molecule has 0 aliphatic carbocycles. The first-order valence-electron chi connectivity index (χ1n) is 8.78. The molecule has 144 valence electrons. The Hall–Kier alpha value is -1.76. The van der Waals surface area contributed by atoms with Crippen LogP contribution in [-0.4, -0.2) is 28.5 Å². The predicted octanol–water partition coefficient (Wildman–Crippen LogP) is 2.00. The maximum atomic E-state index is 12.7. The van der Waals surface area contributed by atoms with Crippen molar-refractivity contribution in [2.75, 3.05) is 6.54 Å². The molecule has 29 heavy (non-hydrogen) atoms. The molecular weight excluding hydrogens is 422 g/mol. The second kappa shape index (κ2) is 8.94. The van der Waals surface area contributed by atoms with Gasteiger partial charge in [-0.25, -0.2) is 4.79 Å². The van der Waals surface area contributed by atoms with E-state index in [9.17, 15) is 14.7 Å². The summed E-state index contributed by atoms with van der Waals surface area (Å²) in [5, 5.41) is 14.0. The Morgan fingerprint density at radius 1 is 1.14 bits per heavy atom. The van der Waals surface area contributed by atoms with Crippen LogP contribution < -0.4 is 34.9 Å². The molecule has 0 bridgehead atoms. The Morgan fingerprint density at radius 2 is 1.86 bits per heavy atom. The Bertz CT molecular complexity index is 1150. The summed E-state index contributed by atoms with van der Waals surface area (Å²) in [6.45, 7) is 0.598. The number of amides is 1.